The number of rotatable bonds is 21. The molecule has 3 atom stereocenters. The van der Waals surface area contributed by atoms with E-state index in [0.717, 1.165) is 59.4 Å². The van der Waals surface area contributed by atoms with Gasteiger partial charge in [0, 0.05) is 41.9 Å². The molecule has 2 aromatic carbocycles. The third kappa shape index (κ3) is 13.2. The standard InChI is InChI=1S/C46H64N8O12S2/c1-11-53-43(57)37(41(55)47-27(7)17-13-15-25(3)4)29(9)39(45(53)59)51-49-31-19-21-33(35(23-31)67(61,62)63)34-22-20-32(24-36(34)68(64,65)66)50-52-40-30(10)38(44(58)54(12-2)46(40)60)42(56)48-28(8)18-14-16-26(5)6/h19-28,43,49,57-58H,11-18H2,1-10H3,(H,47,55)(H,48,56)(H,61,62,63)(H,64,65,66). The van der Waals surface area contributed by atoms with Gasteiger partial charge in [-0.15, -0.1) is 5.11 Å². The molecule has 22 heteroatoms. The Kier molecular flexibility index (Phi) is 18.5. The first-order chi connectivity index (χ1) is 31.7. The van der Waals surface area contributed by atoms with Gasteiger partial charge in [-0.3, -0.25) is 38.3 Å². The number of nitrogens with one attached hydrogen (secondary N) is 3. The number of nitrogens with zero attached hydrogens (tertiary/aromatic N) is 5. The van der Waals surface area contributed by atoms with Crippen LogP contribution in [-0.2, 0) is 36.4 Å². The number of pyridine rings is 1. The Morgan fingerprint density at radius 2 is 1.28 bits per heavy atom. The smallest absolute Gasteiger partial charge is 0.295 e. The van der Waals surface area contributed by atoms with E-state index in [0.29, 0.717) is 24.7 Å². The van der Waals surface area contributed by atoms with E-state index >= 15 is 0 Å². The van der Waals surface area contributed by atoms with E-state index < -0.39 is 76.5 Å². The van der Waals surface area contributed by atoms with Crippen molar-refractivity contribution in [3.63, 3.8) is 0 Å². The Morgan fingerprint density at radius 3 is 1.79 bits per heavy atom. The second-order valence-electron chi connectivity index (χ2n) is 17.7. The quantitative estimate of drug-likeness (QED) is 0.0322. The second kappa shape index (κ2) is 23.0. The number of hydrazone groups is 1. The molecule has 0 saturated heterocycles. The van der Waals surface area contributed by atoms with Crippen LogP contribution in [0.1, 0.15) is 117 Å². The van der Waals surface area contributed by atoms with Gasteiger partial charge in [0.25, 0.3) is 43.5 Å². The highest BCUT2D eigenvalue weighted by molar-refractivity contribution is 7.86. The van der Waals surface area contributed by atoms with Crippen molar-refractivity contribution in [1.82, 2.24) is 20.1 Å². The molecule has 1 aliphatic rings. The molecular weight excluding hydrogens is 921 g/mol. The van der Waals surface area contributed by atoms with Crippen LogP contribution in [0.5, 0.6) is 5.88 Å². The van der Waals surface area contributed by atoms with Crippen LogP contribution >= 0.6 is 0 Å². The fraction of sp³-hybridized carbons (Fsp3) is 0.500. The van der Waals surface area contributed by atoms with Crippen molar-refractivity contribution in [3.8, 4) is 17.0 Å². The molecule has 7 N–H and O–H groups in total. The van der Waals surface area contributed by atoms with Gasteiger partial charge < -0.3 is 25.7 Å². The third-order valence-electron chi connectivity index (χ3n) is 11.5. The van der Waals surface area contributed by atoms with Gasteiger partial charge in [0.05, 0.1) is 16.9 Å². The summed E-state index contributed by atoms with van der Waals surface area (Å²) >= 11 is 0. The molecular formula is C46H64N8O12S2. The summed E-state index contributed by atoms with van der Waals surface area (Å²) in [5.74, 6) is -1.62. The molecule has 0 radical (unpaired) electrons. The number of aliphatic hydroxyl groups excluding tert-OH is 1. The fourth-order valence-corrected chi connectivity index (χ4v) is 9.24. The lowest BCUT2D eigenvalue weighted by molar-refractivity contribution is -0.133. The van der Waals surface area contributed by atoms with Crippen LogP contribution in [0.15, 0.2) is 77.5 Å². The lowest BCUT2D eigenvalue weighted by Crippen LogP contribution is -2.53. The van der Waals surface area contributed by atoms with E-state index in [1.54, 1.807) is 13.8 Å². The van der Waals surface area contributed by atoms with Crippen molar-refractivity contribution >= 4 is 60.7 Å². The van der Waals surface area contributed by atoms with Crippen molar-refractivity contribution in [1.29, 1.82) is 0 Å². The van der Waals surface area contributed by atoms with Gasteiger partial charge in [-0.05, 0) is 96.1 Å². The summed E-state index contributed by atoms with van der Waals surface area (Å²) in [7, 11) is -10.3. The minimum absolute atomic E-state index is 0.00220. The lowest BCUT2D eigenvalue weighted by Gasteiger charge is -2.34. The molecule has 372 valence electrons. The maximum Gasteiger partial charge on any atom is 0.295 e. The van der Waals surface area contributed by atoms with Gasteiger partial charge >= 0.3 is 0 Å². The molecule has 3 aromatic rings. The first-order valence-electron chi connectivity index (χ1n) is 22.5. The number of aliphatic hydroxyl groups is 1. The molecule has 0 bridgehead atoms. The molecule has 2 heterocycles. The molecule has 68 heavy (non-hydrogen) atoms. The average molecular weight is 985 g/mol. The first-order valence-corrected chi connectivity index (χ1v) is 25.4. The van der Waals surface area contributed by atoms with Crippen LogP contribution in [0.25, 0.3) is 11.1 Å². The molecule has 1 aliphatic heterocycles. The Hall–Kier alpha value is -5.81. The van der Waals surface area contributed by atoms with E-state index in [2.05, 4.69) is 59.1 Å². The minimum atomic E-state index is -5.18. The van der Waals surface area contributed by atoms with Gasteiger partial charge in [0.1, 0.15) is 15.4 Å². The Bertz CT molecular complexity index is 2780. The molecule has 0 saturated carbocycles. The van der Waals surface area contributed by atoms with E-state index in [1.165, 1.54) is 26.0 Å². The largest absolute Gasteiger partial charge is 0.494 e. The molecule has 0 spiro atoms. The molecule has 0 fully saturated rings. The molecule has 4 rings (SSSR count). The summed E-state index contributed by atoms with van der Waals surface area (Å²) in [6.07, 6.45) is 3.40. The average Bonchev–Trinajstić information content (AvgIpc) is 3.22. The third-order valence-corrected chi connectivity index (χ3v) is 13.3. The Balaban J connectivity index is 1.74. The number of aromatic hydroxyl groups is 1. The maximum absolute atomic E-state index is 13.5. The van der Waals surface area contributed by atoms with Crippen molar-refractivity contribution in [3.05, 3.63) is 69.0 Å². The summed E-state index contributed by atoms with van der Waals surface area (Å²) < 4.78 is 73.2. The zero-order valence-electron chi connectivity index (χ0n) is 40.1. The number of carbonyl (C=O) groups excluding carboxylic acids is 3. The van der Waals surface area contributed by atoms with Gasteiger partial charge in [-0.2, -0.15) is 27.1 Å². The summed E-state index contributed by atoms with van der Waals surface area (Å²) in [5, 5.41) is 40.0. The van der Waals surface area contributed by atoms with Crippen LogP contribution < -0.4 is 21.6 Å². The summed E-state index contributed by atoms with van der Waals surface area (Å²) in [4.78, 5) is 53.2. The van der Waals surface area contributed by atoms with Crippen molar-refractivity contribution in [2.24, 2.45) is 27.2 Å². The highest BCUT2D eigenvalue weighted by Crippen LogP contribution is 2.37. The van der Waals surface area contributed by atoms with Gasteiger partial charge in [0.15, 0.2) is 17.6 Å². The topological polar surface area (TPSA) is 299 Å². The summed E-state index contributed by atoms with van der Waals surface area (Å²) in [5.41, 5.74) is -0.336. The number of carbonyl (C=O) groups is 3. The molecule has 0 aliphatic carbocycles. The normalized spacial score (nSPS) is 16.3. The van der Waals surface area contributed by atoms with Crippen LogP contribution in [0, 0.1) is 18.8 Å². The molecule has 3 amide bonds. The zero-order chi connectivity index (χ0) is 51.0. The summed E-state index contributed by atoms with van der Waals surface area (Å²) in [6.45, 7) is 18.0. The molecule has 3 unspecified atom stereocenters. The number of aromatic nitrogens is 1. The maximum atomic E-state index is 13.5. The van der Waals surface area contributed by atoms with Crippen LogP contribution in [0.2, 0.25) is 0 Å². The second-order valence-corrected chi connectivity index (χ2v) is 20.5. The van der Waals surface area contributed by atoms with Crippen molar-refractivity contribution < 1.29 is 50.5 Å². The molecule has 1 aromatic heterocycles. The number of hydrogen-bond donors (Lipinski definition) is 7. The van der Waals surface area contributed by atoms with E-state index in [-0.39, 0.29) is 70.2 Å². The predicted molar refractivity (Wildman–Crippen MR) is 258 cm³/mol. The highest BCUT2D eigenvalue weighted by Gasteiger charge is 2.39. The molecule has 20 nitrogen and oxygen atoms in total. The van der Waals surface area contributed by atoms with Gasteiger partial charge in [-0.1, -0.05) is 65.5 Å². The number of azo groups is 1. The Labute approximate surface area is 397 Å². The Morgan fingerprint density at radius 1 is 0.750 bits per heavy atom. The number of hydrogen-bond acceptors (Lipinski definition) is 14. The number of anilines is 1. The SMILES string of the molecule is CCN1C(=O)C(=NNc2ccc(-c3ccc(N=Nc4c(C)c(C(=O)NC(C)CCCC(C)C)c(O)n(CC)c4=O)cc3S(=O)(=O)O)c(S(=O)(=O)O)c2)C(C)=C(C(=O)NC(C)CCCC(C)C)C1O. The van der Waals surface area contributed by atoms with Crippen LogP contribution in [0.3, 0.4) is 0 Å². The predicted octanol–water partition coefficient (Wildman–Crippen LogP) is 7.00. The van der Waals surface area contributed by atoms with Crippen molar-refractivity contribution in [2.75, 3.05) is 12.0 Å². The number of benzene rings is 2. The van der Waals surface area contributed by atoms with Crippen LogP contribution in [-0.4, -0.2) is 93.9 Å². The minimum Gasteiger partial charge on any atom is -0.494 e. The van der Waals surface area contributed by atoms with Crippen LogP contribution in [0.4, 0.5) is 17.1 Å². The van der Waals surface area contributed by atoms with Crippen molar-refractivity contribution in [2.45, 2.75) is 142 Å². The van der Waals surface area contributed by atoms with Gasteiger partial charge in [0.2, 0.25) is 5.88 Å². The zero-order valence-corrected chi connectivity index (χ0v) is 41.7. The number of amides is 3. The fourth-order valence-electron chi connectivity index (χ4n) is 7.78. The van der Waals surface area contributed by atoms with E-state index in [4.69, 9.17) is 0 Å². The van der Waals surface area contributed by atoms with E-state index in [9.17, 15) is 55.3 Å². The van der Waals surface area contributed by atoms with E-state index in [1.807, 2.05) is 13.8 Å². The highest BCUT2D eigenvalue weighted by atomic mass is 32.2. The van der Waals surface area contributed by atoms with Gasteiger partial charge in [-0.25, -0.2) is 0 Å². The first kappa shape index (κ1) is 54.8. The lowest BCUT2D eigenvalue weighted by atomic mass is 9.96. The number of likely N-dealkylation sites (N-methyl/N-ethyl adjacent to an activating group) is 1. The summed E-state index contributed by atoms with van der Waals surface area (Å²) in [6, 6.07) is 5.85. The monoisotopic (exact) mass is 984 g/mol.